The molecular weight excluding hydrogens is 178 g/mol. The van der Waals surface area contributed by atoms with Gasteiger partial charge in [0, 0.05) is 7.05 Å². The lowest BCUT2D eigenvalue weighted by molar-refractivity contribution is 0.0294. The van der Waals surface area contributed by atoms with Crippen molar-refractivity contribution in [2.45, 2.75) is 12.8 Å². The van der Waals surface area contributed by atoms with Crippen LogP contribution in [0.5, 0.6) is 0 Å². The standard InChI is InChI=1S/C7H15NO3S/c1-8-11-6-7-2-4-12(9,10)5-3-7/h7-8H,2-6H2,1H3. The number of sulfone groups is 1. The molecular formula is C7H15NO3S. The Morgan fingerprint density at radius 1 is 1.42 bits per heavy atom. The van der Waals surface area contributed by atoms with Gasteiger partial charge in [-0.15, -0.1) is 0 Å². The van der Waals surface area contributed by atoms with E-state index in [1.165, 1.54) is 0 Å². The largest absolute Gasteiger partial charge is 0.302 e. The van der Waals surface area contributed by atoms with E-state index in [1.54, 1.807) is 7.05 Å². The van der Waals surface area contributed by atoms with E-state index in [9.17, 15) is 8.42 Å². The van der Waals surface area contributed by atoms with E-state index < -0.39 is 9.84 Å². The van der Waals surface area contributed by atoms with Crippen LogP contribution in [-0.4, -0.2) is 33.6 Å². The molecule has 4 nitrogen and oxygen atoms in total. The molecule has 1 rings (SSSR count). The van der Waals surface area contributed by atoms with Gasteiger partial charge < -0.3 is 4.84 Å². The van der Waals surface area contributed by atoms with Crippen LogP contribution in [0, 0.1) is 5.92 Å². The molecule has 0 spiro atoms. The van der Waals surface area contributed by atoms with Crippen LogP contribution < -0.4 is 5.48 Å². The summed E-state index contributed by atoms with van der Waals surface area (Å²) in [6, 6.07) is 0. The van der Waals surface area contributed by atoms with Crippen molar-refractivity contribution >= 4 is 9.84 Å². The van der Waals surface area contributed by atoms with Crippen molar-refractivity contribution in [2.75, 3.05) is 25.2 Å². The van der Waals surface area contributed by atoms with Crippen LogP contribution in [-0.2, 0) is 14.7 Å². The van der Waals surface area contributed by atoms with Gasteiger partial charge >= 0.3 is 0 Å². The van der Waals surface area contributed by atoms with Gasteiger partial charge in [-0.3, -0.25) is 0 Å². The number of hydrogen-bond donors (Lipinski definition) is 1. The zero-order chi connectivity index (χ0) is 9.03. The lowest BCUT2D eigenvalue weighted by Crippen LogP contribution is -2.27. The SMILES string of the molecule is CNOCC1CCS(=O)(=O)CC1. The number of nitrogens with one attached hydrogen (secondary N) is 1. The van der Waals surface area contributed by atoms with E-state index in [0.29, 0.717) is 24.0 Å². The summed E-state index contributed by atoms with van der Waals surface area (Å²) >= 11 is 0. The molecule has 1 heterocycles. The molecule has 0 bridgehead atoms. The molecule has 0 aromatic rings. The Labute approximate surface area is 73.2 Å². The van der Waals surface area contributed by atoms with E-state index >= 15 is 0 Å². The van der Waals surface area contributed by atoms with E-state index in [-0.39, 0.29) is 0 Å². The maximum Gasteiger partial charge on any atom is 0.150 e. The van der Waals surface area contributed by atoms with Gasteiger partial charge in [-0.2, -0.15) is 0 Å². The van der Waals surface area contributed by atoms with Crippen LogP contribution in [0.2, 0.25) is 0 Å². The van der Waals surface area contributed by atoms with Crippen LogP contribution in [0.15, 0.2) is 0 Å². The smallest absolute Gasteiger partial charge is 0.150 e. The summed E-state index contributed by atoms with van der Waals surface area (Å²) in [4.78, 5) is 5.00. The Morgan fingerprint density at radius 2 is 2.00 bits per heavy atom. The summed E-state index contributed by atoms with van der Waals surface area (Å²) in [7, 11) is -1.01. The van der Waals surface area contributed by atoms with Crippen molar-refractivity contribution in [1.29, 1.82) is 0 Å². The van der Waals surface area contributed by atoms with Crippen LogP contribution in [0.3, 0.4) is 0 Å². The second-order valence-corrected chi connectivity index (χ2v) is 5.41. The molecule has 1 N–H and O–H groups in total. The summed E-state index contributed by atoms with van der Waals surface area (Å²) < 4.78 is 22.0. The molecule has 1 saturated heterocycles. The van der Waals surface area contributed by atoms with Gasteiger partial charge in [0.05, 0.1) is 18.1 Å². The topological polar surface area (TPSA) is 55.4 Å². The van der Waals surface area contributed by atoms with E-state index in [4.69, 9.17) is 4.84 Å². The summed E-state index contributed by atoms with van der Waals surface area (Å²) in [6.45, 7) is 0.617. The zero-order valence-electron chi connectivity index (χ0n) is 7.25. The zero-order valence-corrected chi connectivity index (χ0v) is 8.06. The highest BCUT2D eigenvalue weighted by molar-refractivity contribution is 7.91. The van der Waals surface area contributed by atoms with E-state index in [1.807, 2.05) is 0 Å². The maximum absolute atomic E-state index is 11.0. The minimum absolute atomic E-state index is 0.324. The predicted octanol–water partition coefficient (Wildman–Crippen LogP) is -0.0378. The first-order chi connectivity index (χ1) is 5.64. The Hall–Kier alpha value is -0.130. The van der Waals surface area contributed by atoms with Crippen molar-refractivity contribution < 1.29 is 13.3 Å². The monoisotopic (exact) mass is 193 g/mol. The molecule has 72 valence electrons. The molecule has 0 radical (unpaired) electrons. The van der Waals surface area contributed by atoms with Crippen molar-refractivity contribution in [3.8, 4) is 0 Å². The minimum atomic E-state index is -2.72. The highest BCUT2D eigenvalue weighted by atomic mass is 32.2. The number of hydrogen-bond acceptors (Lipinski definition) is 4. The minimum Gasteiger partial charge on any atom is -0.302 e. The fraction of sp³-hybridized carbons (Fsp3) is 1.00. The Bertz CT molecular complexity index is 211. The van der Waals surface area contributed by atoms with Crippen LogP contribution in [0.4, 0.5) is 0 Å². The molecule has 1 aliphatic heterocycles. The van der Waals surface area contributed by atoms with Crippen molar-refractivity contribution in [3.05, 3.63) is 0 Å². The van der Waals surface area contributed by atoms with Crippen molar-refractivity contribution in [1.82, 2.24) is 5.48 Å². The lowest BCUT2D eigenvalue weighted by atomic mass is 10.1. The molecule has 0 amide bonds. The molecule has 1 aliphatic rings. The van der Waals surface area contributed by atoms with Gasteiger partial charge in [0.2, 0.25) is 0 Å². The predicted molar refractivity (Wildman–Crippen MR) is 46.4 cm³/mol. The third-order valence-corrected chi connectivity index (χ3v) is 3.85. The van der Waals surface area contributed by atoms with Crippen LogP contribution in [0.1, 0.15) is 12.8 Å². The molecule has 0 atom stereocenters. The van der Waals surface area contributed by atoms with Gasteiger partial charge in [-0.25, -0.2) is 13.9 Å². The lowest BCUT2D eigenvalue weighted by Gasteiger charge is -2.20. The van der Waals surface area contributed by atoms with Gasteiger partial charge in [0.1, 0.15) is 9.84 Å². The Morgan fingerprint density at radius 3 is 2.50 bits per heavy atom. The molecule has 0 unspecified atom stereocenters. The first-order valence-corrected chi connectivity index (χ1v) is 5.95. The fourth-order valence-electron chi connectivity index (χ4n) is 1.31. The Kier molecular flexibility index (Phi) is 3.49. The second-order valence-electron chi connectivity index (χ2n) is 3.11. The van der Waals surface area contributed by atoms with Crippen LogP contribution >= 0.6 is 0 Å². The fourth-order valence-corrected chi connectivity index (χ4v) is 2.90. The average Bonchev–Trinajstić information content (AvgIpc) is 2.03. The normalized spacial score (nSPS) is 24.1. The number of hydroxylamine groups is 1. The quantitative estimate of drug-likeness (QED) is 0.639. The van der Waals surface area contributed by atoms with Gasteiger partial charge in [0.15, 0.2) is 0 Å². The highest BCUT2D eigenvalue weighted by Gasteiger charge is 2.23. The van der Waals surface area contributed by atoms with Crippen molar-refractivity contribution in [2.24, 2.45) is 5.92 Å². The first-order valence-electron chi connectivity index (χ1n) is 4.13. The number of rotatable bonds is 3. The molecule has 0 aliphatic carbocycles. The summed E-state index contributed by atoms with van der Waals surface area (Å²) in [5.74, 6) is 1.05. The van der Waals surface area contributed by atoms with Gasteiger partial charge in [0.25, 0.3) is 0 Å². The summed E-state index contributed by atoms with van der Waals surface area (Å²) in [5, 5.41) is 0. The molecule has 12 heavy (non-hydrogen) atoms. The molecule has 1 fully saturated rings. The molecule has 0 saturated carbocycles. The summed E-state index contributed by atoms with van der Waals surface area (Å²) in [5.41, 5.74) is 2.59. The third-order valence-electron chi connectivity index (χ3n) is 2.14. The second kappa shape index (κ2) is 4.20. The maximum atomic E-state index is 11.0. The Balaban J connectivity index is 2.27. The van der Waals surface area contributed by atoms with Crippen molar-refractivity contribution in [3.63, 3.8) is 0 Å². The van der Waals surface area contributed by atoms with Crippen LogP contribution in [0.25, 0.3) is 0 Å². The van der Waals surface area contributed by atoms with Gasteiger partial charge in [-0.05, 0) is 18.8 Å². The highest BCUT2D eigenvalue weighted by Crippen LogP contribution is 2.18. The average molecular weight is 193 g/mol. The third kappa shape index (κ3) is 3.08. The van der Waals surface area contributed by atoms with E-state index in [0.717, 1.165) is 12.8 Å². The molecule has 0 aromatic carbocycles. The molecule has 5 heteroatoms. The van der Waals surface area contributed by atoms with Gasteiger partial charge in [-0.1, -0.05) is 0 Å². The first kappa shape index (κ1) is 9.95. The molecule has 0 aromatic heterocycles. The summed E-state index contributed by atoms with van der Waals surface area (Å²) in [6.07, 6.45) is 1.48. The van der Waals surface area contributed by atoms with E-state index in [2.05, 4.69) is 5.48 Å².